The topological polar surface area (TPSA) is 85.8 Å². The molecule has 7 heteroatoms. The van der Waals surface area contributed by atoms with Gasteiger partial charge in [0.15, 0.2) is 0 Å². The minimum atomic E-state index is -0.860. The van der Waals surface area contributed by atoms with E-state index in [1.165, 1.54) is 11.0 Å². The zero-order valence-electron chi connectivity index (χ0n) is 9.73. The molecule has 0 aliphatic rings. The fraction of sp³-hybridized carbons (Fsp3) is 0.667. The number of carbonyl (C=O) groups excluding carboxylic acids is 1. The van der Waals surface area contributed by atoms with Crippen molar-refractivity contribution < 1.29 is 4.79 Å². The lowest BCUT2D eigenvalue weighted by Gasteiger charge is -2.22. The number of nitrogens with two attached hydrogens (primary N) is 1. The van der Waals surface area contributed by atoms with Crippen LogP contribution in [0.25, 0.3) is 0 Å². The molecule has 0 saturated heterocycles. The van der Waals surface area contributed by atoms with E-state index in [0.29, 0.717) is 12.4 Å². The summed E-state index contributed by atoms with van der Waals surface area (Å²) in [6.07, 6.45) is 2.87. The van der Waals surface area contributed by atoms with Crippen molar-refractivity contribution in [1.29, 1.82) is 0 Å². The van der Waals surface area contributed by atoms with Crippen LogP contribution < -0.4 is 11.1 Å². The number of anilines is 1. The lowest BCUT2D eigenvalue weighted by molar-refractivity contribution is -0.120. The van der Waals surface area contributed by atoms with Gasteiger partial charge in [-0.1, -0.05) is 13.3 Å². The summed E-state index contributed by atoms with van der Waals surface area (Å²) in [6.45, 7) is 3.70. The van der Waals surface area contributed by atoms with E-state index in [1.807, 2.05) is 6.92 Å². The molecule has 0 aliphatic heterocycles. The van der Waals surface area contributed by atoms with Crippen LogP contribution in [0.2, 0.25) is 0 Å². The molecule has 0 radical (unpaired) electrons. The van der Waals surface area contributed by atoms with E-state index in [9.17, 15) is 4.79 Å². The Balaban J connectivity index is 0.00000225. The van der Waals surface area contributed by atoms with E-state index in [1.54, 1.807) is 14.0 Å². The maximum absolute atomic E-state index is 11.8. The smallest absolute Gasteiger partial charge is 0.246 e. The largest absolute Gasteiger partial charge is 0.318 e. The van der Waals surface area contributed by atoms with Gasteiger partial charge in [-0.15, -0.1) is 12.4 Å². The van der Waals surface area contributed by atoms with E-state index < -0.39 is 5.54 Å². The quantitative estimate of drug-likeness (QED) is 0.820. The maximum Gasteiger partial charge on any atom is 0.246 e. The fourth-order valence-corrected chi connectivity index (χ4v) is 1.29. The molecule has 1 heterocycles. The van der Waals surface area contributed by atoms with Gasteiger partial charge >= 0.3 is 0 Å². The van der Waals surface area contributed by atoms with Crippen LogP contribution in [-0.4, -0.2) is 26.2 Å². The first kappa shape index (κ1) is 14.9. The zero-order valence-corrected chi connectivity index (χ0v) is 10.5. The summed E-state index contributed by atoms with van der Waals surface area (Å²) in [6, 6.07) is 0. The van der Waals surface area contributed by atoms with E-state index in [-0.39, 0.29) is 18.3 Å². The van der Waals surface area contributed by atoms with Crippen LogP contribution in [-0.2, 0) is 11.8 Å². The third kappa shape index (κ3) is 3.46. The lowest BCUT2D eigenvalue weighted by Crippen LogP contribution is -2.48. The second kappa shape index (κ2) is 5.81. The number of halogens is 1. The van der Waals surface area contributed by atoms with Crippen molar-refractivity contribution in [2.75, 3.05) is 5.32 Å². The third-order valence-electron chi connectivity index (χ3n) is 2.22. The summed E-state index contributed by atoms with van der Waals surface area (Å²) in [5.74, 6) is 0.174. The van der Waals surface area contributed by atoms with Crippen LogP contribution in [0.5, 0.6) is 0 Å². The molecule has 16 heavy (non-hydrogen) atoms. The molecule has 6 nitrogen and oxygen atoms in total. The minimum absolute atomic E-state index is 0. The van der Waals surface area contributed by atoms with Crippen molar-refractivity contribution in [2.45, 2.75) is 32.2 Å². The Bertz CT molecular complexity index is 349. The second-order valence-electron chi connectivity index (χ2n) is 3.83. The molecular formula is C9H18ClN5O. The SMILES string of the molecule is CCCC(C)(N)C(=O)Nc1ncnn1C.Cl. The number of amides is 1. The van der Waals surface area contributed by atoms with Crippen molar-refractivity contribution in [3.05, 3.63) is 6.33 Å². The molecule has 92 valence electrons. The van der Waals surface area contributed by atoms with Crippen molar-refractivity contribution in [3.63, 3.8) is 0 Å². The fourth-order valence-electron chi connectivity index (χ4n) is 1.29. The Morgan fingerprint density at radius 3 is 2.75 bits per heavy atom. The number of rotatable bonds is 4. The Hall–Kier alpha value is -1.14. The number of aryl methyl sites for hydroxylation is 1. The summed E-state index contributed by atoms with van der Waals surface area (Å²) in [5, 5.41) is 6.49. The van der Waals surface area contributed by atoms with Crippen LogP contribution in [0.3, 0.4) is 0 Å². The third-order valence-corrected chi connectivity index (χ3v) is 2.22. The molecule has 1 rings (SSSR count). The summed E-state index contributed by atoms with van der Waals surface area (Å²) in [4.78, 5) is 15.7. The van der Waals surface area contributed by atoms with Gasteiger partial charge in [-0.25, -0.2) is 4.68 Å². The summed E-state index contributed by atoms with van der Waals surface area (Å²) in [7, 11) is 1.70. The Labute approximate surface area is 101 Å². The van der Waals surface area contributed by atoms with Gasteiger partial charge in [0.05, 0.1) is 5.54 Å². The summed E-state index contributed by atoms with van der Waals surface area (Å²) in [5.41, 5.74) is 5.01. The molecule has 1 aromatic heterocycles. The molecule has 0 fully saturated rings. The first-order chi connectivity index (χ1) is 6.97. The highest BCUT2D eigenvalue weighted by Gasteiger charge is 2.27. The molecule has 3 N–H and O–H groups in total. The number of hydrogen-bond donors (Lipinski definition) is 2. The van der Waals surface area contributed by atoms with Gasteiger partial charge in [-0.2, -0.15) is 10.1 Å². The molecule has 1 unspecified atom stereocenters. The predicted octanol–water partition coefficient (Wildman–Crippen LogP) is 0.693. The first-order valence-electron chi connectivity index (χ1n) is 4.91. The summed E-state index contributed by atoms with van der Waals surface area (Å²) >= 11 is 0. The molecule has 1 atom stereocenters. The van der Waals surface area contributed by atoms with Crippen molar-refractivity contribution >= 4 is 24.3 Å². The van der Waals surface area contributed by atoms with E-state index >= 15 is 0 Å². The average Bonchev–Trinajstić information content (AvgIpc) is 2.52. The monoisotopic (exact) mass is 247 g/mol. The molecule has 0 saturated carbocycles. The highest BCUT2D eigenvalue weighted by Crippen LogP contribution is 2.11. The normalized spacial score (nSPS) is 13.8. The summed E-state index contributed by atoms with van der Waals surface area (Å²) < 4.78 is 1.49. The van der Waals surface area contributed by atoms with Gasteiger partial charge in [0, 0.05) is 7.05 Å². The highest BCUT2D eigenvalue weighted by molar-refractivity contribution is 5.96. The molecule has 0 spiro atoms. The Morgan fingerprint density at radius 1 is 1.69 bits per heavy atom. The molecular weight excluding hydrogens is 230 g/mol. The number of aromatic nitrogens is 3. The van der Waals surface area contributed by atoms with Gasteiger partial charge in [0.25, 0.3) is 0 Å². The number of carbonyl (C=O) groups is 1. The molecule has 0 aromatic carbocycles. The van der Waals surface area contributed by atoms with E-state index in [0.717, 1.165) is 6.42 Å². The van der Waals surface area contributed by atoms with Crippen LogP contribution >= 0.6 is 12.4 Å². The highest BCUT2D eigenvalue weighted by atomic mass is 35.5. The average molecular weight is 248 g/mol. The van der Waals surface area contributed by atoms with Crippen molar-refractivity contribution in [3.8, 4) is 0 Å². The van der Waals surface area contributed by atoms with Gasteiger partial charge in [0.1, 0.15) is 6.33 Å². The molecule has 1 amide bonds. The Kier molecular flexibility index (Phi) is 5.40. The zero-order chi connectivity index (χ0) is 11.5. The predicted molar refractivity (Wildman–Crippen MR) is 64.4 cm³/mol. The number of nitrogens with one attached hydrogen (secondary N) is 1. The molecule has 1 aromatic rings. The van der Waals surface area contributed by atoms with Gasteiger partial charge in [-0.05, 0) is 13.3 Å². The van der Waals surface area contributed by atoms with E-state index in [2.05, 4.69) is 15.4 Å². The molecule has 0 bridgehead atoms. The van der Waals surface area contributed by atoms with E-state index in [4.69, 9.17) is 5.73 Å². The minimum Gasteiger partial charge on any atom is -0.318 e. The first-order valence-corrected chi connectivity index (χ1v) is 4.91. The number of hydrogen-bond acceptors (Lipinski definition) is 4. The lowest BCUT2D eigenvalue weighted by atomic mass is 9.97. The van der Waals surface area contributed by atoms with Crippen LogP contribution in [0.4, 0.5) is 5.95 Å². The van der Waals surface area contributed by atoms with Crippen molar-refractivity contribution in [1.82, 2.24) is 14.8 Å². The number of nitrogens with zero attached hydrogens (tertiary/aromatic N) is 3. The maximum atomic E-state index is 11.8. The standard InChI is InChI=1S/C9H17N5O.ClH/c1-4-5-9(2,10)7(15)13-8-11-6-12-14(8)3;/h6H,4-5,10H2,1-3H3,(H,11,12,13,15);1H. The second-order valence-corrected chi connectivity index (χ2v) is 3.83. The van der Waals surface area contributed by atoms with Crippen LogP contribution in [0, 0.1) is 0 Å². The van der Waals surface area contributed by atoms with Crippen molar-refractivity contribution in [2.24, 2.45) is 12.8 Å². The molecule has 0 aliphatic carbocycles. The Morgan fingerprint density at radius 2 is 2.31 bits per heavy atom. The van der Waals surface area contributed by atoms with Crippen LogP contribution in [0.15, 0.2) is 6.33 Å². The van der Waals surface area contributed by atoms with Gasteiger partial charge in [0.2, 0.25) is 11.9 Å². The van der Waals surface area contributed by atoms with Gasteiger partial charge < -0.3 is 5.73 Å². The van der Waals surface area contributed by atoms with Gasteiger partial charge in [-0.3, -0.25) is 10.1 Å². The van der Waals surface area contributed by atoms with Crippen LogP contribution in [0.1, 0.15) is 26.7 Å².